The SMILES string of the molecule is CC(=O)OCC(C)=CCCC(C)=CCCC(C)=CCCC1C(C)(O)CCC2C(C)(C)C(=O)CCC12C. The molecule has 2 rings (SSSR count). The molecule has 4 unspecified atom stereocenters. The van der Waals surface area contributed by atoms with Gasteiger partial charge in [-0.25, -0.2) is 0 Å². The smallest absolute Gasteiger partial charge is 0.302 e. The number of fused-ring (bicyclic) bond motifs is 1. The molecule has 0 aromatic carbocycles. The molecule has 0 radical (unpaired) electrons. The Hall–Kier alpha value is -1.68. The van der Waals surface area contributed by atoms with E-state index < -0.39 is 5.60 Å². The number of aliphatic hydroxyl groups is 1. The van der Waals surface area contributed by atoms with Crippen LogP contribution in [0, 0.1) is 22.7 Å². The Labute approximate surface area is 220 Å². The Balaban J connectivity index is 1.86. The Bertz CT molecular complexity index is 873. The zero-order chi connectivity index (χ0) is 27.1. The van der Waals surface area contributed by atoms with Crippen molar-refractivity contribution in [3.05, 3.63) is 34.9 Å². The third-order valence-electron chi connectivity index (χ3n) is 9.28. The molecule has 36 heavy (non-hydrogen) atoms. The van der Waals surface area contributed by atoms with Gasteiger partial charge in [0, 0.05) is 18.8 Å². The van der Waals surface area contributed by atoms with Crippen LogP contribution < -0.4 is 0 Å². The summed E-state index contributed by atoms with van der Waals surface area (Å²) < 4.78 is 5.02. The number of hydrogen-bond donors (Lipinski definition) is 1. The second-order valence-electron chi connectivity index (χ2n) is 12.7. The molecule has 0 saturated heterocycles. The summed E-state index contributed by atoms with van der Waals surface area (Å²) in [7, 11) is 0. The van der Waals surface area contributed by atoms with Crippen LogP contribution in [0.15, 0.2) is 34.9 Å². The number of carbonyl (C=O) groups is 2. The van der Waals surface area contributed by atoms with E-state index in [0.29, 0.717) is 24.7 Å². The Morgan fingerprint density at radius 1 is 0.917 bits per heavy atom. The van der Waals surface area contributed by atoms with Crippen molar-refractivity contribution in [1.29, 1.82) is 0 Å². The van der Waals surface area contributed by atoms with Gasteiger partial charge in [0.25, 0.3) is 0 Å². The molecule has 204 valence electrons. The molecule has 2 aliphatic carbocycles. The monoisotopic (exact) mass is 500 g/mol. The highest BCUT2D eigenvalue weighted by molar-refractivity contribution is 5.85. The lowest BCUT2D eigenvalue weighted by atomic mass is 9.45. The minimum absolute atomic E-state index is 0.0196. The first-order valence-corrected chi connectivity index (χ1v) is 14.1. The predicted molar refractivity (Wildman–Crippen MR) is 149 cm³/mol. The lowest BCUT2D eigenvalue weighted by molar-refractivity contribution is -0.177. The van der Waals surface area contributed by atoms with Crippen LogP contribution >= 0.6 is 0 Å². The van der Waals surface area contributed by atoms with E-state index in [0.717, 1.165) is 63.4 Å². The highest BCUT2D eigenvalue weighted by atomic mass is 16.5. The first-order valence-electron chi connectivity index (χ1n) is 14.1. The van der Waals surface area contributed by atoms with E-state index in [1.807, 2.05) is 13.8 Å². The van der Waals surface area contributed by atoms with Gasteiger partial charge in [0.05, 0.1) is 5.60 Å². The molecule has 0 amide bonds. The van der Waals surface area contributed by atoms with Gasteiger partial charge in [0.2, 0.25) is 0 Å². The van der Waals surface area contributed by atoms with Crippen molar-refractivity contribution >= 4 is 11.8 Å². The predicted octanol–water partition coefficient (Wildman–Crippen LogP) is 7.90. The minimum atomic E-state index is -0.658. The van der Waals surface area contributed by atoms with Gasteiger partial charge < -0.3 is 9.84 Å². The average molecular weight is 501 g/mol. The largest absolute Gasteiger partial charge is 0.461 e. The fraction of sp³-hybridized carbons (Fsp3) is 0.750. The van der Waals surface area contributed by atoms with E-state index in [-0.39, 0.29) is 22.7 Å². The summed E-state index contributed by atoms with van der Waals surface area (Å²) in [6, 6.07) is 0. The quantitative estimate of drug-likeness (QED) is 0.231. The first-order chi connectivity index (χ1) is 16.7. The van der Waals surface area contributed by atoms with Crippen molar-refractivity contribution in [2.75, 3.05) is 6.61 Å². The van der Waals surface area contributed by atoms with E-state index in [9.17, 15) is 14.7 Å². The number of ketones is 1. The number of hydrogen-bond acceptors (Lipinski definition) is 4. The van der Waals surface area contributed by atoms with Crippen molar-refractivity contribution < 1.29 is 19.4 Å². The molecule has 2 aliphatic rings. The van der Waals surface area contributed by atoms with Gasteiger partial charge in [-0.3, -0.25) is 9.59 Å². The molecule has 0 bridgehead atoms. The molecule has 4 heteroatoms. The molecule has 2 fully saturated rings. The van der Waals surface area contributed by atoms with Crippen molar-refractivity contribution in [3.8, 4) is 0 Å². The van der Waals surface area contributed by atoms with Crippen LogP contribution in [0.4, 0.5) is 0 Å². The lowest BCUT2D eigenvalue weighted by Crippen LogP contribution is -2.59. The van der Waals surface area contributed by atoms with Gasteiger partial charge >= 0.3 is 5.97 Å². The summed E-state index contributed by atoms with van der Waals surface area (Å²) in [5, 5.41) is 11.4. The maximum absolute atomic E-state index is 12.7. The van der Waals surface area contributed by atoms with E-state index in [2.05, 4.69) is 52.8 Å². The number of ether oxygens (including phenoxy) is 1. The van der Waals surface area contributed by atoms with E-state index in [1.165, 1.54) is 18.1 Å². The molecule has 0 aromatic heterocycles. The van der Waals surface area contributed by atoms with Gasteiger partial charge in [-0.15, -0.1) is 0 Å². The van der Waals surface area contributed by atoms with E-state index in [4.69, 9.17) is 4.74 Å². The third kappa shape index (κ3) is 7.91. The molecule has 2 saturated carbocycles. The van der Waals surface area contributed by atoms with Gasteiger partial charge in [-0.1, -0.05) is 50.1 Å². The van der Waals surface area contributed by atoms with Gasteiger partial charge in [0.1, 0.15) is 12.4 Å². The average Bonchev–Trinajstić information content (AvgIpc) is 2.77. The maximum atomic E-state index is 12.7. The molecule has 0 aliphatic heterocycles. The number of allylic oxidation sites excluding steroid dienone is 5. The second kappa shape index (κ2) is 12.7. The molecular weight excluding hydrogens is 448 g/mol. The fourth-order valence-electron chi connectivity index (χ4n) is 7.03. The number of esters is 1. The molecular formula is C32H52O4. The normalized spacial score (nSPS) is 31.2. The highest BCUT2D eigenvalue weighted by Gasteiger charge is 2.59. The van der Waals surface area contributed by atoms with Crippen LogP contribution in [0.5, 0.6) is 0 Å². The third-order valence-corrected chi connectivity index (χ3v) is 9.28. The summed E-state index contributed by atoms with van der Waals surface area (Å²) in [5.41, 5.74) is 2.98. The second-order valence-corrected chi connectivity index (χ2v) is 12.7. The molecule has 0 spiro atoms. The molecule has 0 heterocycles. The van der Waals surface area contributed by atoms with Gasteiger partial charge in [-0.05, 0) is 108 Å². The number of Topliss-reactive ketones (excluding diaryl/α,β-unsaturated/α-hetero) is 1. The number of rotatable bonds is 11. The fourth-order valence-corrected chi connectivity index (χ4v) is 7.03. The Morgan fingerprint density at radius 3 is 2.06 bits per heavy atom. The maximum Gasteiger partial charge on any atom is 0.302 e. The van der Waals surface area contributed by atoms with Crippen LogP contribution in [-0.2, 0) is 14.3 Å². The summed E-state index contributed by atoms with van der Waals surface area (Å²) in [4.78, 5) is 23.6. The minimum Gasteiger partial charge on any atom is -0.461 e. The standard InChI is InChI=1S/C32H52O4/c1-23(14-10-16-25(3)22-36-26(4)33)12-9-13-24(2)15-11-17-28-31(7)20-19-29(34)30(5,6)27(31)18-21-32(28,8)35/h12,15-16,27-28,35H,9-11,13-14,17-22H2,1-8H3. The summed E-state index contributed by atoms with van der Waals surface area (Å²) >= 11 is 0. The lowest BCUT2D eigenvalue weighted by Gasteiger charge is -2.60. The van der Waals surface area contributed by atoms with Crippen molar-refractivity contribution in [2.24, 2.45) is 22.7 Å². The van der Waals surface area contributed by atoms with Crippen molar-refractivity contribution in [2.45, 2.75) is 125 Å². The van der Waals surface area contributed by atoms with E-state index >= 15 is 0 Å². The summed E-state index contributed by atoms with van der Waals surface area (Å²) in [6.07, 6.45) is 16.2. The molecule has 4 nitrogen and oxygen atoms in total. The molecule has 4 atom stereocenters. The Kier molecular flexibility index (Phi) is 10.8. The van der Waals surface area contributed by atoms with Crippen LogP contribution in [-0.4, -0.2) is 29.1 Å². The zero-order valence-electron chi connectivity index (χ0n) is 24.3. The van der Waals surface area contributed by atoms with Crippen LogP contribution in [0.25, 0.3) is 0 Å². The zero-order valence-corrected chi connectivity index (χ0v) is 24.3. The van der Waals surface area contributed by atoms with Gasteiger partial charge in [0.15, 0.2) is 0 Å². The van der Waals surface area contributed by atoms with Crippen LogP contribution in [0.1, 0.15) is 120 Å². The molecule has 1 N–H and O–H groups in total. The van der Waals surface area contributed by atoms with Crippen molar-refractivity contribution in [3.63, 3.8) is 0 Å². The topological polar surface area (TPSA) is 63.6 Å². The molecule has 0 aromatic rings. The van der Waals surface area contributed by atoms with Crippen LogP contribution in [0.3, 0.4) is 0 Å². The summed E-state index contributed by atoms with van der Waals surface area (Å²) in [5.74, 6) is 0.742. The summed E-state index contributed by atoms with van der Waals surface area (Å²) in [6.45, 7) is 16.9. The highest BCUT2D eigenvalue weighted by Crippen LogP contribution is 2.62. The van der Waals surface area contributed by atoms with Gasteiger partial charge in [-0.2, -0.15) is 0 Å². The first kappa shape index (κ1) is 30.5. The van der Waals surface area contributed by atoms with Crippen molar-refractivity contribution in [1.82, 2.24) is 0 Å². The number of carbonyl (C=O) groups excluding carboxylic acids is 2. The Morgan fingerprint density at radius 2 is 1.47 bits per heavy atom. The van der Waals surface area contributed by atoms with E-state index in [1.54, 1.807) is 0 Å². The van der Waals surface area contributed by atoms with Crippen LogP contribution in [0.2, 0.25) is 0 Å².